The number of hydrogen-bond donors (Lipinski definition) is 1. The summed E-state index contributed by atoms with van der Waals surface area (Å²) in [5, 5.41) is 9.49. The molecule has 0 saturated carbocycles. The molecule has 0 aliphatic carbocycles. The van der Waals surface area contributed by atoms with E-state index in [2.05, 4.69) is 0 Å². The Kier molecular flexibility index (Phi) is 5.32. The first-order chi connectivity index (χ1) is 13.5. The lowest BCUT2D eigenvalue weighted by Gasteiger charge is -2.32. The fraction of sp³-hybridized carbons (Fsp3) is 0.143. The Balaban J connectivity index is 2.00. The largest absolute Gasteiger partial charge is 0.457 e. The van der Waals surface area contributed by atoms with Gasteiger partial charge in [0, 0.05) is 11.1 Å². The average molecular weight is 412 g/mol. The number of alkyl halides is 6. The van der Waals surface area contributed by atoms with Gasteiger partial charge in [-0.25, -0.2) is 0 Å². The van der Waals surface area contributed by atoms with Crippen LogP contribution in [0.3, 0.4) is 0 Å². The Labute approximate surface area is 162 Å². The number of halogens is 6. The maximum absolute atomic E-state index is 13.0. The van der Waals surface area contributed by atoms with Crippen molar-refractivity contribution >= 4 is 0 Å². The van der Waals surface area contributed by atoms with Crippen molar-refractivity contribution in [3.63, 3.8) is 0 Å². The first-order valence-electron chi connectivity index (χ1n) is 8.33. The van der Waals surface area contributed by atoms with Gasteiger partial charge < -0.3 is 9.84 Å². The molecule has 0 fully saturated rings. The van der Waals surface area contributed by atoms with Crippen LogP contribution in [0, 0.1) is 0 Å². The van der Waals surface area contributed by atoms with Gasteiger partial charge in [0.15, 0.2) is 0 Å². The van der Waals surface area contributed by atoms with Gasteiger partial charge in [0.25, 0.3) is 5.60 Å². The highest BCUT2D eigenvalue weighted by Gasteiger charge is 2.71. The molecule has 0 amide bonds. The van der Waals surface area contributed by atoms with Crippen LogP contribution in [0.2, 0.25) is 0 Å². The lowest BCUT2D eigenvalue weighted by molar-refractivity contribution is -0.376. The van der Waals surface area contributed by atoms with Gasteiger partial charge in [0.1, 0.15) is 11.5 Å². The summed E-state index contributed by atoms with van der Waals surface area (Å²) >= 11 is 0. The topological polar surface area (TPSA) is 29.5 Å². The number of hydrogen-bond acceptors (Lipinski definition) is 2. The summed E-state index contributed by atoms with van der Waals surface area (Å²) in [6.07, 6.45) is -11.9. The third-order valence-electron chi connectivity index (χ3n) is 4.29. The molecule has 3 aromatic rings. The molecular weight excluding hydrogens is 398 g/mol. The van der Waals surface area contributed by atoms with Gasteiger partial charge in [-0.15, -0.1) is 0 Å². The summed E-state index contributed by atoms with van der Waals surface area (Å²) in [5.74, 6) is 0.883. The molecule has 29 heavy (non-hydrogen) atoms. The van der Waals surface area contributed by atoms with Crippen LogP contribution in [0.1, 0.15) is 5.56 Å². The lowest BCUT2D eigenvalue weighted by atomic mass is 9.90. The van der Waals surface area contributed by atoms with Gasteiger partial charge >= 0.3 is 12.4 Å². The van der Waals surface area contributed by atoms with E-state index in [1.54, 1.807) is 54.6 Å². The first kappa shape index (κ1) is 20.7. The third-order valence-corrected chi connectivity index (χ3v) is 4.29. The second-order valence-corrected chi connectivity index (χ2v) is 6.19. The highest BCUT2D eigenvalue weighted by molar-refractivity contribution is 5.71. The Bertz CT molecular complexity index is 949. The number of benzene rings is 3. The van der Waals surface area contributed by atoms with E-state index in [1.165, 1.54) is 0 Å². The molecule has 0 heterocycles. The Hall–Kier alpha value is -3.00. The fourth-order valence-corrected chi connectivity index (χ4v) is 2.79. The zero-order chi connectivity index (χ0) is 21.3. The maximum atomic E-state index is 13.0. The summed E-state index contributed by atoms with van der Waals surface area (Å²) in [6.45, 7) is 0. The van der Waals surface area contributed by atoms with E-state index in [0.29, 0.717) is 34.8 Å². The van der Waals surface area contributed by atoms with Gasteiger partial charge in [-0.1, -0.05) is 60.7 Å². The van der Waals surface area contributed by atoms with Crippen LogP contribution in [0.25, 0.3) is 11.1 Å². The van der Waals surface area contributed by atoms with Crippen LogP contribution in [-0.2, 0) is 5.60 Å². The highest BCUT2D eigenvalue weighted by Crippen LogP contribution is 2.50. The van der Waals surface area contributed by atoms with Crippen LogP contribution in [0.15, 0.2) is 78.9 Å². The second-order valence-electron chi connectivity index (χ2n) is 6.19. The van der Waals surface area contributed by atoms with Crippen molar-refractivity contribution in [3.05, 3.63) is 84.4 Å². The molecule has 152 valence electrons. The van der Waals surface area contributed by atoms with Gasteiger partial charge in [0.2, 0.25) is 0 Å². The summed E-state index contributed by atoms with van der Waals surface area (Å²) < 4.78 is 83.9. The van der Waals surface area contributed by atoms with Gasteiger partial charge in [-0.05, 0) is 23.8 Å². The van der Waals surface area contributed by atoms with E-state index in [-0.39, 0.29) is 0 Å². The second kappa shape index (κ2) is 7.44. The van der Waals surface area contributed by atoms with E-state index >= 15 is 0 Å². The molecule has 0 spiro atoms. The molecule has 0 saturated heterocycles. The van der Waals surface area contributed by atoms with E-state index in [9.17, 15) is 31.4 Å². The van der Waals surface area contributed by atoms with Crippen LogP contribution in [0.5, 0.6) is 11.5 Å². The number of para-hydroxylation sites is 2. The lowest BCUT2D eigenvalue weighted by Crippen LogP contribution is -2.53. The molecule has 0 aromatic heterocycles. The van der Waals surface area contributed by atoms with E-state index in [1.807, 2.05) is 0 Å². The van der Waals surface area contributed by atoms with Gasteiger partial charge in [-0.2, -0.15) is 26.3 Å². The van der Waals surface area contributed by atoms with Crippen molar-refractivity contribution in [2.24, 2.45) is 0 Å². The Morgan fingerprint density at radius 2 is 1.14 bits per heavy atom. The molecule has 0 aliphatic rings. The normalized spacial score (nSPS) is 12.7. The predicted molar refractivity (Wildman–Crippen MR) is 94.4 cm³/mol. The molecule has 2 nitrogen and oxygen atoms in total. The van der Waals surface area contributed by atoms with Crippen LogP contribution in [-0.4, -0.2) is 17.5 Å². The van der Waals surface area contributed by atoms with Gasteiger partial charge in [0.05, 0.1) is 0 Å². The maximum Gasteiger partial charge on any atom is 0.430 e. The zero-order valence-corrected chi connectivity index (χ0v) is 14.6. The van der Waals surface area contributed by atoms with Gasteiger partial charge in [-0.3, -0.25) is 0 Å². The Morgan fingerprint density at radius 3 is 1.69 bits per heavy atom. The molecule has 0 bridgehead atoms. The SMILES string of the molecule is OC(c1ccc(-c2ccccc2Oc2ccccc2)cc1)(C(F)(F)F)C(F)(F)F. The smallest absolute Gasteiger partial charge is 0.430 e. The van der Waals surface area contributed by atoms with Crippen molar-refractivity contribution < 1.29 is 36.2 Å². The van der Waals surface area contributed by atoms with Crippen LogP contribution < -0.4 is 4.74 Å². The van der Waals surface area contributed by atoms with Crippen molar-refractivity contribution in [2.45, 2.75) is 18.0 Å². The standard InChI is InChI=1S/C21H14F6O2/c22-20(23,24)19(28,21(25,26)27)15-12-10-14(11-13-15)17-8-4-5-9-18(17)29-16-6-2-1-3-7-16/h1-13,28H. The predicted octanol–water partition coefficient (Wildman–Crippen LogP) is 6.46. The zero-order valence-electron chi connectivity index (χ0n) is 14.6. The minimum Gasteiger partial charge on any atom is -0.457 e. The minimum atomic E-state index is -5.93. The number of ether oxygens (including phenoxy) is 1. The summed E-state index contributed by atoms with van der Waals surface area (Å²) in [5.41, 5.74) is -5.49. The number of rotatable bonds is 4. The van der Waals surface area contributed by atoms with Crippen LogP contribution in [0.4, 0.5) is 26.3 Å². The molecule has 0 atom stereocenters. The molecule has 0 aliphatic heterocycles. The number of aliphatic hydroxyl groups is 1. The Morgan fingerprint density at radius 1 is 0.621 bits per heavy atom. The van der Waals surface area contributed by atoms with E-state index in [0.717, 1.165) is 12.1 Å². The first-order valence-corrected chi connectivity index (χ1v) is 8.33. The van der Waals surface area contributed by atoms with E-state index < -0.39 is 23.5 Å². The van der Waals surface area contributed by atoms with Crippen molar-refractivity contribution in [3.8, 4) is 22.6 Å². The van der Waals surface area contributed by atoms with Crippen molar-refractivity contribution in [1.29, 1.82) is 0 Å². The quantitative estimate of drug-likeness (QED) is 0.499. The molecule has 3 aromatic carbocycles. The molecular formula is C21H14F6O2. The van der Waals surface area contributed by atoms with Crippen molar-refractivity contribution in [1.82, 2.24) is 0 Å². The highest BCUT2D eigenvalue weighted by atomic mass is 19.4. The molecule has 0 radical (unpaired) electrons. The monoisotopic (exact) mass is 412 g/mol. The van der Waals surface area contributed by atoms with Crippen LogP contribution >= 0.6 is 0 Å². The molecule has 1 N–H and O–H groups in total. The minimum absolute atomic E-state index is 0.326. The summed E-state index contributed by atoms with van der Waals surface area (Å²) in [6, 6.07) is 18.6. The summed E-state index contributed by atoms with van der Waals surface area (Å²) in [7, 11) is 0. The summed E-state index contributed by atoms with van der Waals surface area (Å²) in [4.78, 5) is 0. The molecule has 8 heteroatoms. The fourth-order valence-electron chi connectivity index (χ4n) is 2.79. The van der Waals surface area contributed by atoms with E-state index in [4.69, 9.17) is 4.74 Å². The molecule has 0 unspecified atom stereocenters. The molecule has 3 rings (SSSR count). The van der Waals surface area contributed by atoms with Crippen molar-refractivity contribution in [2.75, 3.05) is 0 Å². The average Bonchev–Trinajstić information content (AvgIpc) is 2.67. The third kappa shape index (κ3) is 3.93.